The number of methoxy groups -OCH3 is 2. The molecule has 0 saturated carbocycles. The molecule has 1 aliphatic rings. The second-order valence-electron chi connectivity index (χ2n) is 9.23. The van der Waals surface area contributed by atoms with Crippen LogP contribution >= 0.6 is 0 Å². The number of halogens is 1. The highest BCUT2D eigenvalue weighted by Crippen LogP contribution is 2.27. The predicted octanol–water partition coefficient (Wildman–Crippen LogP) is 3.06. The molecule has 1 N–H and O–H groups in total. The van der Waals surface area contributed by atoms with E-state index in [2.05, 4.69) is 5.32 Å². The van der Waals surface area contributed by atoms with E-state index in [1.807, 2.05) is 13.8 Å². The molecule has 1 heterocycles. The van der Waals surface area contributed by atoms with Gasteiger partial charge in [-0.15, -0.1) is 0 Å². The lowest BCUT2D eigenvalue weighted by Gasteiger charge is -2.36. The molecular formula is C27H34FN3O6. The summed E-state index contributed by atoms with van der Waals surface area (Å²) in [6.07, 6.45) is -0.398. The van der Waals surface area contributed by atoms with Crippen molar-refractivity contribution in [1.82, 2.24) is 9.80 Å². The number of nitrogens with one attached hydrogen (secondary N) is 1. The van der Waals surface area contributed by atoms with Gasteiger partial charge < -0.3 is 29.3 Å². The van der Waals surface area contributed by atoms with Crippen molar-refractivity contribution in [1.29, 1.82) is 0 Å². The van der Waals surface area contributed by atoms with E-state index in [4.69, 9.17) is 14.2 Å². The SMILES string of the molecule is COCC(=O)Nc1ccc2c(c1)C(=O)N(C)C[C@H](OC)[C@@H](C)CN(C(=O)c1ccccc1F)[C@H](C)CO2. The van der Waals surface area contributed by atoms with Crippen molar-refractivity contribution in [3.63, 3.8) is 0 Å². The summed E-state index contributed by atoms with van der Waals surface area (Å²) in [7, 11) is 4.62. The molecule has 200 valence electrons. The van der Waals surface area contributed by atoms with Crippen LogP contribution in [0.1, 0.15) is 34.6 Å². The number of likely N-dealkylation sites (N-methyl/N-ethyl adjacent to an activating group) is 1. The molecule has 0 fully saturated rings. The quantitative estimate of drug-likeness (QED) is 0.658. The number of hydrogen-bond acceptors (Lipinski definition) is 6. The molecule has 1 aliphatic heterocycles. The van der Waals surface area contributed by atoms with Crippen molar-refractivity contribution in [3.05, 3.63) is 59.4 Å². The lowest BCUT2D eigenvalue weighted by molar-refractivity contribution is -0.119. The number of carbonyl (C=O) groups is 3. The van der Waals surface area contributed by atoms with Gasteiger partial charge in [-0.05, 0) is 37.3 Å². The number of benzene rings is 2. The first-order valence-corrected chi connectivity index (χ1v) is 12.1. The van der Waals surface area contributed by atoms with Crippen molar-refractivity contribution in [2.24, 2.45) is 5.92 Å². The van der Waals surface area contributed by atoms with Crippen molar-refractivity contribution >= 4 is 23.4 Å². The summed E-state index contributed by atoms with van der Waals surface area (Å²) in [5.74, 6) is -1.59. The summed E-state index contributed by atoms with van der Waals surface area (Å²) >= 11 is 0. The van der Waals surface area contributed by atoms with Crippen molar-refractivity contribution in [3.8, 4) is 5.75 Å². The van der Waals surface area contributed by atoms with Gasteiger partial charge >= 0.3 is 0 Å². The van der Waals surface area contributed by atoms with Crippen molar-refractivity contribution in [2.45, 2.75) is 26.0 Å². The second kappa shape index (κ2) is 12.6. The first kappa shape index (κ1) is 28.1. The highest BCUT2D eigenvalue weighted by Gasteiger charge is 2.31. The maximum atomic E-state index is 14.5. The molecule has 0 aromatic heterocycles. The second-order valence-corrected chi connectivity index (χ2v) is 9.23. The molecule has 37 heavy (non-hydrogen) atoms. The van der Waals surface area contributed by atoms with E-state index in [-0.39, 0.29) is 55.2 Å². The summed E-state index contributed by atoms with van der Waals surface area (Å²) < 4.78 is 31.1. The molecule has 10 heteroatoms. The molecule has 0 bridgehead atoms. The standard InChI is InChI=1S/C27H34FN3O6/c1-17-13-31(27(34)20-8-6-7-9-22(20)28)18(2)15-37-23-11-10-19(29-25(32)16-35-4)12-21(23)26(33)30(3)14-24(17)36-5/h6-12,17-18,24H,13-16H2,1-5H3,(H,29,32)/t17-,18+,24-/m0/s1. The Balaban J connectivity index is 1.98. The van der Waals surface area contributed by atoms with Crippen molar-refractivity contribution < 1.29 is 33.0 Å². The van der Waals surface area contributed by atoms with Crippen LogP contribution in [0, 0.1) is 11.7 Å². The summed E-state index contributed by atoms with van der Waals surface area (Å²) in [6, 6.07) is 10.2. The van der Waals surface area contributed by atoms with Gasteiger partial charge in [0.1, 0.15) is 24.8 Å². The van der Waals surface area contributed by atoms with E-state index >= 15 is 0 Å². The molecule has 9 nitrogen and oxygen atoms in total. The fraction of sp³-hybridized carbons (Fsp3) is 0.444. The van der Waals surface area contributed by atoms with Crippen LogP contribution in [0.25, 0.3) is 0 Å². The predicted molar refractivity (Wildman–Crippen MR) is 136 cm³/mol. The Bertz CT molecular complexity index is 1130. The van der Waals surface area contributed by atoms with E-state index in [1.54, 1.807) is 43.3 Å². The van der Waals surface area contributed by atoms with E-state index in [0.717, 1.165) is 0 Å². The van der Waals surface area contributed by atoms with Crippen molar-refractivity contribution in [2.75, 3.05) is 52.9 Å². The minimum Gasteiger partial charge on any atom is -0.491 e. The number of amides is 3. The minimum atomic E-state index is -0.596. The fourth-order valence-electron chi connectivity index (χ4n) is 4.25. The van der Waals surface area contributed by atoms with E-state index in [0.29, 0.717) is 11.4 Å². The van der Waals surface area contributed by atoms with Gasteiger partial charge in [-0.1, -0.05) is 19.1 Å². The molecule has 0 radical (unpaired) electrons. The zero-order valence-corrected chi connectivity index (χ0v) is 21.8. The summed E-state index contributed by atoms with van der Waals surface area (Å²) in [4.78, 5) is 41.9. The number of rotatable bonds is 5. The summed E-state index contributed by atoms with van der Waals surface area (Å²) in [5, 5.41) is 2.69. The monoisotopic (exact) mass is 515 g/mol. The largest absolute Gasteiger partial charge is 0.491 e. The lowest BCUT2D eigenvalue weighted by atomic mass is 10.0. The van der Waals surface area contributed by atoms with Crippen LogP contribution in [0.4, 0.5) is 10.1 Å². The molecular weight excluding hydrogens is 481 g/mol. The number of fused-ring (bicyclic) bond motifs is 1. The number of nitrogens with zero attached hydrogens (tertiary/aromatic N) is 2. The maximum Gasteiger partial charge on any atom is 0.257 e. The summed E-state index contributed by atoms with van der Waals surface area (Å²) in [5.41, 5.74) is 0.644. The average Bonchev–Trinajstić information content (AvgIpc) is 2.88. The molecule has 0 saturated heterocycles. The number of ether oxygens (including phenoxy) is 3. The van der Waals surface area contributed by atoms with Gasteiger partial charge in [-0.3, -0.25) is 14.4 Å². The number of hydrogen-bond donors (Lipinski definition) is 1. The fourth-order valence-corrected chi connectivity index (χ4v) is 4.25. The third-order valence-electron chi connectivity index (χ3n) is 6.37. The highest BCUT2D eigenvalue weighted by atomic mass is 19.1. The third-order valence-corrected chi connectivity index (χ3v) is 6.37. The van der Waals surface area contributed by atoms with Gasteiger partial charge in [0.15, 0.2) is 0 Å². The minimum absolute atomic E-state index is 0.0215. The number of anilines is 1. The molecule has 2 aromatic rings. The molecule has 3 atom stereocenters. The Labute approximate surface area is 216 Å². The normalized spacial score (nSPS) is 20.8. The Kier molecular flexibility index (Phi) is 9.60. The topological polar surface area (TPSA) is 97.4 Å². The van der Waals surface area contributed by atoms with Crippen LogP contribution < -0.4 is 10.1 Å². The van der Waals surface area contributed by atoms with Crippen LogP contribution in [0.15, 0.2) is 42.5 Å². The van der Waals surface area contributed by atoms with Crippen LogP contribution in [0.5, 0.6) is 5.75 Å². The molecule has 0 aliphatic carbocycles. The van der Waals surface area contributed by atoms with Gasteiger partial charge in [0, 0.05) is 46.0 Å². The Morgan fingerprint density at radius 2 is 1.86 bits per heavy atom. The Morgan fingerprint density at radius 1 is 1.14 bits per heavy atom. The summed E-state index contributed by atoms with van der Waals surface area (Å²) in [6.45, 7) is 4.18. The van der Waals surface area contributed by atoms with Crippen LogP contribution in [-0.4, -0.2) is 87.2 Å². The zero-order chi connectivity index (χ0) is 27.1. The maximum absolute atomic E-state index is 14.5. The van der Waals surface area contributed by atoms with Gasteiger partial charge in [0.05, 0.1) is 23.3 Å². The van der Waals surface area contributed by atoms with Crippen LogP contribution in [-0.2, 0) is 14.3 Å². The molecule has 3 rings (SSSR count). The number of carbonyl (C=O) groups excluding carboxylic acids is 3. The first-order valence-electron chi connectivity index (χ1n) is 12.1. The van der Waals surface area contributed by atoms with Crippen LogP contribution in [0.3, 0.4) is 0 Å². The molecule has 2 aromatic carbocycles. The average molecular weight is 516 g/mol. The highest BCUT2D eigenvalue weighted by molar-refractivity contribution is 5.99. The Hall–Kier alpha value is -3.50. The van der Waals surface area contributed by atoms with E-state index < -0.39 is 23.9 Å². The van der Waals surface area contributed by atoms with Gasteiger partial charge in [-0.25, -0.2) is 4.39 Å². The smallest absolute Gasteiger partial charge is 0.257 e. The molecule has 0 unspecified atom stereocenters. The van der Waals surface area contributed by atoms with Gasteiger partial charge in [0.25, 0.3) is 11.8 Å². The molecule has 3 amide bonds. The zero-order valence-electron chi connectivity index (χ0n) is 21.8. The van der Waals surface area contributed by atoms with Gasteiger partial charge in [-0.2, -0.15) is 0 Å². The van der Waals surface area contributed by atoms with Gasteiger partial charge in [0.2, 0.25) is 5.91 Å². The first-order chi connectivity index (χ1) is 17.7. The lowest BCUT2D eigenvalue weighted by Crippen LogP contribution is -2.48. The third kappa shape index (κ3) is 6.84. The molecule has 0 spiro atoms. The van der Waals surface area contributed by atoms with E-state index in [1.165, 1.54) is 30.2 Å². The van der Waals surface area contributed by atoms with E-state index in [9.17, 15) is 18.8 Å². The Morgan fingerprint density at radius 3 is 2.54 bits per heavy atom. The van der Waals surface area contributed by atoms with Crippen LogP contribution in [0.2, 0.25) is 0 Å².